The van der Waals surface area contributed by atoms with Crippen LogP contribution in [0.5, 0.6) is 0 Å². The van der Waals surface area contributed by atoms with Crippen LogP contribution in [-0.2, 0) is 16.0 Å². The molecule has 1 atom stereocenters. The molecule has 0 spiro atoms. The molecule has 1 N–H and O–H groups in total. The first-order chi connectivity index (χ1) is 10.1. The first-order valence-electron chi connectivity index (χ1n) is 7.06. The quantitative estimate of drug-likeness (QED) is 0.914. The van der Waals surface area contributed by atoms with E-state index in [0.29, 0.717) is 6.42 Å². The van der Waals surface area contributed by atoms with Crippen molar-refractivity contribution >= 4 is 5.91 Å². The van der Waals surface area contributed by atoms with Crippen molar-refractivity contribution in [1.29, 1.82) is 0 Å². The highest BCUT2D eigenvalue weighted by Crippen LogP contribution is 2.23. The number of methoxy groups -OCH3 is 1. The number of hydrogen-bond acceptors (Lipinski definition) is 2. The molecule has 0 bridgehead atoms. The maximum absolute atomic E-state index is 11.3. The lowest BCUT2D eigenvalue weighted by atomic mass is 10.0. The van der Waals surface area contributed by atoms with E-state index in [1.165, 1.54) is 0 Å². The number of likely N-dealkylation sites (N-methyl/N-ethyl adjacent to an activating group) is 1. The molecule has 0 saturated heterocycles. The van der Waals surface area contributed by atoms with E-state index < -0.39 is 0 Å². The highest BCUT2D eigenvalue weighted by Gasteiger charge is 2.05. The van der Waals surface area contributed by atoms with Crippen LogP contribution in [0, 0.1) is 0 Å². The lowest BCUT2D eigenvalue weighted by molar-refractivity contribution is -0.119. The third kappa shape index (κ3) is 3.92. The maximum Gasteiger partial charge on any atom is 0.224 e. The zero-order valence-electron chi connectivity index (χ0n) is 12.7. The second-order valence-corrected chi connectivity index (χ2v) is 5.05. The third-order valence-electron chi connectivity index (χ3n) is 3.66. The van der Waals surface area contributed by atoms with Crippen LogP contribution in [-0.4, -0.2) is 20.1 Å². The zero-order chi connectivity index (χ0) is 15.2. The second-order valence-electron chi connectivity index (χ2n) is 5.05. The summed E-state index contributed by atoms with van der Waals surface area (Å²) >= 11 is 0. The van der Waals surface area contributed by atoms with Crippen LogP contribution in [0.4, 0.5) is 0 Å². The zero-order valence-corrected chi connectivity index (χ0v) is 12.7. The predicted octanol–water partition coefficient (Wildman–Crippen LogP) is 3.35. The van der Waals surface area contributed by atoms with Gasteiger partial charge in [0.1, 0.15) is 0 Å². The number of ether oxygens (including phenoxy) is 1. The Balaban J connectivity index is 2.13. The van der Waals surface area contributed by atoms with Crippen LogP contribution >= 0.6 is 0 Å². The van der Waals surface area contributed by atoms with Gasteiger partial charge in [0, 0.05) is 14.2 Å². The highest BCUT2D eigenvalue weighted by atomic mass is 16.5. The molecule has 0 aromatic heterocycles. The standard InChI is InChI=1S/C18H21NO2/c1-13(21-3)15-8-10-17(11-9-15)16-6-4-14(5-7-16)12-18(20)19-2/h4-11,13H,12H2,1-3H3,(H,19,20). The van der Waals surface area contributed by atoms with Crippen molar-refractivity contribution in [3.8, 4) is 11.1 Å². The Morgan fingerprint density at radius 1 is 1.05 bits per heavy atom. The number of hydrogen-bond donors (Lipinski definition) is 1. The van der Waals surface area contributed by atoms with E-state index in [4.69, 9.17) is 4.74 Å². The molecule has 0 saturated carbocycles. The van der Waals surface area contributed by atoms with Gasteiger partial charge in [-0.05, 0) is 29.2 Å². The van der Waals surface area contributed by atoms with Crippen molar-refractivity contribution in [1.82, 2.24) is 5.32 Å². The Bertz CT molecular complexity index is 588. The highest BCUT2D eigenvalue weighted by molar-refractivity contribution is 5.78. The number of rotatable bonds is 5. The van der Waals surface area contributed by atoms with Crippen LogP contribution in [0.3, 0.4) is 0 Å². The van der Waals surface area contributed by atoms with E-state index in [-0.39, 0.29) is 12.0 Å². The summed E-state index contributed by atoms with van der Waals surface area (Å²) in [5, 5.41) is 2.63. The van der Waals surface area contributed by atoms with Gasteiger partial charge in [-0.1, -0.05) is 48.5 Å². The van der Waals surface area contributed by atoms with Gasteiger partial charge in [0.25, 0.3) is 0 Å². The van der Waals surface area contributed by atoms with Gasteiger partial charge in [0.2, 0.25) is 5.91 Å². The maximum atomic E-state index is 11.3. The van der Waals surface area contributed by atoms with Gasteiger partial charge in [0.05, 0.1) is 12.5 Å². The molecule has 3 nitrogen and oxygen atoms in total. The minimum Gasteiger partial charge on any atom is -0.377 e. The second kappa shape index (κ2) is 7.04. The minimum atomic E-state index is 0.0284. The molecular formula is C18H21NO2. The molecule has 0 heterocycles. The Morgan fingerprint density at radius 3 is 2.05 bits per heavy atom. The number of carbonyl (C=O) groups excluding carboxylic acids is 1. The van der Waals surface area contributed by atoms with Gasteiger partial charge in [0.15, 0.2) is 0 Å². The summed E-state index contributed by atoms with van der Waals surface area (Å²) in [6.07, 6.45) is 0.523. The summed E-state index contributed by atoms with van der Waals surface area (Å²) in [6, 6.07) is 16.5. The van der Waals surface area contributed by atoms with Crippen molar-refractivity contribution in [3.63, 3.8) is 0 Å². The van der Waals surface area contributed by atoms with Crippen LogP contribution < -0.4 is 5.32 Å². The van der Waals surface area contributed by atoms with Gasteiger partial charge >= 0.3 is 0 Å². The van der Waals surface area contributed by atoms with Crippen LogP contribution in [0.15, 0.2) is 48.5 Å². The fourth-order valence-corrected chi connectivity index (χ4v) is 2.17. The summed E-state index contributed by atoms with van der Waals surface area (Å²) in [7, 11) is 3.36. The van der Waals surface area contributed by atoms with E-state index in [0.717, 1.165) is 22.3 Å². The fraction of sp³-hybridized carbons (Fsp3) is 0.278. The number of benzene rings is 2. The minimum absolute atomic E-state index is 0.0284. The lowest BCUT2D eigenvalue weighted by Gasteiger charge is -2.10. The summed E-state index contributed by atoms with van der Waals surface area (Å²) in [5.41, 5.74) is 4.49. The molecule has 3 heteroatoms. The van der Waals surface area contributed by atoms with Gasteiger partial charge in [-0.2, -0.15) is 0 Å². The van der Waals surface area contributed by atoms with E-state index in [1.54, 1.807) is 14.2 Å². The molecule has 0 aliphatic rings. The van der Waals surface area contributed by atoms with Crippen molar-refractivity contribution in [2.75, 3.05) is 14.2 Å². The van der Waals surface area contributed by atoms with Crippen LogP contribution in [0.25, 0.3) is 11.1 Å². The van der Waals surface area contributed by atoms with Gasteiger partial charge in [-0.15, -0.1) is 0 Å². The monoisotopic (exact) mass is 283 g/mol. The van der Waals surface area contributed by atoms with Gasteiger partial charge in [-0.3, -0.25) is 4.79 Å². The van der Waals surface area contributed by atoms with Crippen LogP contribution in [0.1, 0.15) is 24.2 Å². The van der Waals surface area contributed by atoms with E-state index in [9.17, 15) is 4.79 Å². The number of amides is 1. The Hall–Kier alpha value is -2.13. The smallest absolute Gasteiger partial charge is 0.224 e. The molecule has 0 radical (unpaired) electrons. The summed E-state index contributed by atoms with van der Waals surface area (Å²) < 4.78 is 5.31. The number of nitrogens with one attached hydrogen (secondary N) is 1. The topological polar surface area (TPSA) is 38.3 Å². The molecule has 1 amide bonds. The molecule has 0 aliphatic carbocycles. The first-order valence-corrected chi connectivity index (χ1v) is 7.06. The molecule has 110 valence electrons. The summed E-state index contributed by atoms with van der Waals surface area (Å²) in [6.45, 7) is 2.03. The average molecular weight is 283 g/mol. The Kier molecular flexibility index (Phi) is 5.12. The molecule has 0 aliphatic heterocycles. The van der Waals surface area contributed by atoms with Crippen molar-refractivity contribution in [2.24, 2.45) is 0 Å². The SMILES string of the molecule is CNC(=O)Cc1ccc(-c2ccc(C(C)OC)cc2)cc1. The molecule has 21 heavy (non-hydrogen) atoms. The summed E-state index contributed by atoms with van der Waals surface area (Å²) in [4.78, 5) is 11.3. The normalized spacial score (nSPS) is 12.0. The van der Waals surface area contributed by atoms with Crippen molar-refractivity contribution < 1.29 is 9.53 Å². The van der Waals surface area contributed by atoms with Crippen molar-refractivity contribution in [3.05, 3.63) is 59.7 Å². The number of carbonyl (C=O) groups is 1. The predicted molar refractivity (Wildman–Crippen MR) is 85.1 cm³/mol. The summed E-state index contributed by atoms with van der Waals surface area (Å²) in [5.74, 6) is 0.0284. The van der Waals surface area contributed by atoms with Crippen molar-refractivity contribution in [2.45, 2.75) is 19.4 Å². The van der Waals surface area contributed by atoms with E-state index >= 15 is 0 Å². The largest absolute Gasteiger partial charge is 0.377 e. The molecule has 2 rings (SSSR count). The molecular weight excluding hydrogens is 262 g/mol. The third-order valence-corrected chi connectivity index (χ3v) is 3.66. The molecule has 2 aromatic rings. The lowest BCUT2D eigenvalue weighted by Crippen LogP contribution is -2.19. The Morgan fingerprint density at radius 2 is 1.57 bits per heavy atom. The molecule has 2 aromatic carbocycles. The van der Waals surface area contributed by atoms with Gasteiger partial charge in [-0.25, -0.2) is 0 Å². The fourth-order valence-electron chi connectivity index (χ4n) is 2.17. The van der Waals surface area contributed by atoms with Gasteiger partial charge < -0.3 is 10.1 Å². The first kappa shape index (κ1) is 15.3. The Labute approximate surface area is 126 Å². The van der Waals surface area contributed by atoms with Crippen LogP contribution in [0.2, 0.25) is 0 Å². The molecule has 0 fully saturated rings. The van der Waals surface area contributed by atoms with E-state index in [2.05, 4.69) is 29.6 Å². The van der Waals surface area contributed by atoms with E-state index in [1.807, 2.05) is 31.2 Å². The average Bonchev–Trinajstić information content (AvgIpc) is 2.55. The molecule has 1 unspecified atom stereocenters.